The molecule has 1 aromatic carbocycles. The van der Waals surface area contributed by atoms with Gasteiger partial charge in [0.05, 0.1) is 6.54 Å². The van der Waals surface area contributed by atoms with Gasteiger partial charge in [-0.25, -0.2) is 4.39 Å². The van der Waals surface area contributed by atoms with Gasteiger partial charge in [-0.2, -0.15) is 0 Å². The molecule has 0 unspecified atom stereocenters. The van der Waals surface area contributed by atoms with E-state index in [1.165, 1.54) is 10.6 Å². The molecular weight excluding hydrogens is 281 g/mol. The molecule has 2 aromatic rings. The molecule has 15 heavy (non-hydrogen) atoms. The first-order valence-corrected chi connectivity index (χ1v) is 5.92. The molecule has 0 aliphatic rings. The molecular formula is C10H7BrFNOS. The van der Waals surface area contributed by atoms with Gasteiger partial charge in [0, 0.05) is 21.6 Å². The third kappa shape index (κ3) is 2.35. The minimum atomic E-state index is -0.295. The van der Waals surface area contributed by atoms with Gasteiger partial charge >= 0.3 is 4.87 Å². The SMILES string of the molecule is O=c1sccn1Cc1cc(Br)ccc1F. The van der Waals surface area contributed by atoms with Gasteiger partial charge in [0.15, 0.2) is 0 Å². The second-order valence-electron chi connectivity index (χ2n) is 3.03. The van der Waals surface area contributed by atoms with Gasteiger partial charge in [0.2, 0.25) is 0 Å². The summed E-state index contributed by atoms with van der Waals surface area (Å²) in [5, 5.41) is 1.69. The molecule has 0 radical (unpaired) electrons. The van der Waals surface area contributed by atoms with Crippen molar-refractivity contribution < 1.29 is 4.39 Å². The summed E-state index contributed by atoms with van der Waals surface area (Å²) in [7, 11) is 0. The third-order valence-corrected chi connectivity index (χ3v) is 3.18. The number of aromatic nitrogens is 1. The maximum absolute atomic E-state index is 13.4. The summed E-state index contributed by atoms with van der Waals surface area (Å²) >= 11 is 4.37. The molecule has 0 saturated heterocycles. The fraction of sp³-hybridized carbons (Fsp3) is 0.100. The van der Waals surface area contributed by atoms with Crippen LogP contribution in [0.15, 0.2) is 39.0 Å². The summed E-state index contributed by atoms with van der Waals surface area (Å²) < 4.78 is 15.6. The first-order chi connectivity index (χ1) is 7.16. The fourth-order valence-electron chi connectivity index (χ4n) is 1.26. The number of rotatable bonds is 2. The van der Waals surface area contributed by atoms with E-state index in [1.807, 2.05) is 0 Å². The van der Waals surface area contributed by atoms with Crippen LogP contribution >= 0.6 is 27.3 Å². The molecule has 1 heterocycles. The van der Waals surface area contributed by atoms with Crippen LogP contribution in [0.1, 0.15) is 5.56 Å². The minimum Gasteiger partial charge on any atom is -0.301 e. The van der Waals surface area contributed by atoms with Crippen molar-refractivity contribution >= 4 is 27.3 Å². The van der Waals surface area contributed by atoms with Crippen molar-refractivity contribution in [2.24, 2.45) is 0 Å². The molecule has 0 N–H and O–H groups in total. The monoisotopic (exact) mass is 287 g/mol. The molecule has 5 heteroatoms. The van der Waals surface area contributed by atoms with Crippen molar-refractivity contribution in [2.75, 3.05) is 0 Å². The van der Waals surface area contributed by atoms with Crippen LogP contribution in [-0.4, -0.2) is 4.57 Å². The van der Waals surface area contributed by atoms with Crippen LogP contribution in [0.3, 0.4) is 0 Å². The van der Waals surface area contributed by atoms with E-state index in [9.17, 15) is 9.18 Å². The quantitative estimate of drug-likeness (QED) is 0.833. The number of hydrogen-bond donors (Lipinski definition) is 0. The Morgan fingerprint density at radius 2 is 2.27 bits per heavy atom. The van der Waals surface area contributed by atoms with Crippen LogP contribution in [0.5, 0.6) is 0 Å². The fourth-order valence-corrected chi connectivity index (χ4v) is 2.25. The highest BCUT2D eigenvalue weighted by Gasteiger charge is 2.05. The number of halogens is 2. The lowest BCUT2D eigenvalue weighted by Gasteiger charge is -2.03. The van der Waals surface area contributed by atoms with Gasteiger partial charge in [-0.3, -0.25) is 4.79 Å². The maximum Gasteiger partial charge on any atom is 0.307 e. The Morgan fingerprint density at radius 3 is 2.93 bits per heavy atom. The first kappa shape index (κ1) is 10.6. The molecule has 78 valence electrons. The Labute approximate surface area is 98.1 Å². The van der Waals surface area contributed by atoms with Crippen molar-refractivity contribution in [2.45, 2.75) is 6.54 Å². The summed E-state index contributed by atoms with van der Waals surface area (Å²) in [5.41, 5.74) is 0.505. The molecule has 2 nitrogen and oxygen atoms in total. The molecule has 0 atom stereocenters. The van der Waals surface area contributed by atoms with Gasteiger partial charge in [0.1, 0.15) is 5.82 Å². The predicted molar refractivity (Wildman–Crippen MR) is 61.8 cm³/mol. The Kier molecular flexibility index (Phi) is 3.02. The van der Waals surface area contributed by atoms with Crippen LogP contribution in [0.25, 0.3) is 0 Å². The van der Waals surface area contributed by atoms with Crippen LogP contribution in [0, 0.1) is 5.82 Å². The lowest BCUT2D eigenvalue weighted by atomic mass is 10.2. The molecule has 0 amide bonds. The molecule has 1 aromatic heterocycles. The van der Waals surface area contributed by atoms with E-state index in [0.717, 1.165) is 15.8 Å². The zero-order valence-electron chi connectivity index (χ0n) is 7.61. The van der Waals surface area contributed by atoms with Crippen LogP contribution in [-0.2, 0) is 6.54 Å². The second-order valence-corrected chi connectivity index (χ2v) is 4.81. The van der Waals surface area contributed by atoms with Crippen LogP contribution in [0.2, 0.25) is 0 Å². The van der Waals surface area contributed by atoms with Crippen molar-refractivity contribution in [3.05, 3.63) is 55.3 Å². The smallest absolute Gasteiger partial charge is 0.301 e. The summed E-state index contributed by atoms with van der Waals surface area (Å²) in [5.74, 6) is -0.295. The van der Waals surface area contributed by atoms with E-state index in [4.69, 9.17) is 0 Å². The zero-order valence-corrected chi connectivity index (χ0v) is 10.0. The molecule has 0 fully saturated rings. The minimum absolute atomic E-state index is 0.0747. The van der Waals surface area contributed by atoms with E-state index in [1.54, 1.807) is 23.7 Å². The zero-order chi connectivity index (χ0) is 10.8. The van der Waals surface area contributed by atoms with Crippen molar-refractivity contribution in [3.8, 4) is 0 Å². The summed E-state index contributed by atoms with van der Waals surface area (Å²) in [6, 6.07) is 4.70. The van der Waals surface area contributed by atoms with E-state index in [2.05, 4.69) is 15.9 Å². The topological polar surface area (TPSA) is 22.0 Å². The summed E-state index contributed by atoms with van der Waals surface area (Å²) in [6.07, 6.45) is 1.66. The first-order valence-electron chi connectivity index (χ1n) is 4.24. The lowest BCUT2D eigenvalue weighted by molar-refractivity contribution is 0.598. The molecule has 0 aliphatic carbocycles. The standard InChI is InChI=1S/C10H7BrFNOS/c11-8-1-2-9(12)7(5-8)6-13-3-4-15-10(13)14/h1-5H,6H2. The Bertz CT molecular complexity index is 534. The predicted octanol–water partition coefficient (Wildman–Crippen LogP) is 2.86. The summed E-state index contributed by atoms with van der Waals surface area (Å²) in [4.78, 5) is 11.2. The average molecular weight is 288 g/mol. The van der Waals surface area contributed by atoms with Gasteiger partial charge < -0.3 is 4.57 Å². The highest BCUT2D eigenvalue weighted by Crippen LogP contribution is 2.16. The van der Waals surface area contributed by atoms with E-state index >= 15 is 0 Å². The van der Waals surface area contributed by atoms with Crippen LogP contribution in [0.4, 0.5) is 4.39 Å². The molecule has 0 spiro atoms. The number of thiazole rings is 1. The van der Waals surface area contributed by atoms with E-state index < -0.39 is 0 Å². The number of benzene rings is 1. The van der Waals surface area contributed by atoms with Crippen molar-refractivity contribution in [3.63, 3.8) is 0 Å². The highest BCUT2D eigenvalue weighted by molar-refractivity contribution is 9.10. The van der Waals surface area contributed by atoms with Gasteiger partial charge in [-0.1, -0.05) is 27.3 Å². The van der Waals surface area contributed by atoms with E-state index in [-0.39, 0.29) is 17.2 Å². The Hall–Kier alpha value is -0.940. The highest BCUT2D eigenvalue weighted by atomic mass is 79.9. The third-order valence-electron chi connectivity index (χ3n) is 1.99. The molecule has 0 aliphatic heterocycles. The summed E-state index contributed by atoms with van der Waals surface area (Å²) in [6.45, 7) is 0.271. The Balaban J connectivity index is 2.36. The van der Waals surface area contributed by atoms with Crippen molar-refractivity contribution in [1.82, 2.24) is 4.57 Å². The normalized spacial score (nSPS) is 10.5. The van der Waals surface area contributed by atoms with Crippen molar-refractivity contribution in [1.29, 1.82) is 0 Å². The second kappa shape index (κ2) is 4.28. The van der Waals surface area contributed by atoms with Crippen LogP contribution < -0.4 is 4.87 Å². The van der Waals surface area contributed by atoms with E-state index in [0.29, 0.717) is 5.56 Å². The Morgan fingerprint density at radius 1 is 1.47 bits per heavy atom. The maximum atomic E-state index is 13.4. The average Bonchev–Trinajstić information content (AvgIpc) is 2.58. The lowest BCUT2D eigenvalue weighted by Crippen LogP contribution is -2.13. The molecule has 0 saturated carbocycles. The molecule has 0 bridgehead atoms. The van der Waals surface area contributed by atoms with Gasteiger partial charge in [-0.05, 0) is 18.2 Å². The number of nitrogens with zero attached hydrogens (tertiary/aromatic N) is 1. The van der Waals surface area contributed by atoms with Gasteiger partial charge in [-0.15, -0.1) is 0 Å². The largest absolute Gasteiger partial charge is 0.307 e. The van der Waals surface area contributed by atoms with Gasteiger partial charge in [0.25, 0.3) is 0 Å². The number of hydrogen-bond acceptors (Lipinski definition) is 2. The molecule has 2 rings (SSSR count).